The van der Waals surface area contributed by atoms with Gasteiger partial charge in [-0.15, -0.1) is 0 Å². The van der Waals surface area contributed by atoms with E-state index in [2.05, 4.69) is 15.3 Å². The van der Waals surface area contributed by atoms with E-state index in [1.54, 1.807) is 67.6 Å². The first-order valence-corrected chi connectivity index (χ1v) is 12.9. The van der Waals surface area contributed by atoms with Crippen LogP contribution in [0.1, 0.15) is 22.8 Å². The van der Waals surface area contributed by atoms with E-state index in [4.69, 9.17) is 5.73 Å². The number of nitrogen functional groups attached to an aromatic ring is 1. The number of benzene rings is 3. The Hall–Kier alpha value is -5.35. The molecule has 0 radical (unpaired) electrons. The number of nitrogens with one attached hydrogen (secondary N) is 1. The third-order valence-corrected chi connectivity index (χ3v) is 6.56. The minimum Gasteiger partial charge on any atom is -0.382 e. The van der Waals surface area contributed by atoms with Gasteiger partial charge in [-0.2, -0.15) is 0 Å². The van der Waals surface area contributed by atoms with Gasteiger partial charge in [0.15, 0.2) is 17.2 Å². The fourth-order valence-corrected chi connectivity index (χ4v) is 4.40. The van der Waals surface area contributed by atoms with Crippen LogP contribution in [0.3, 0.4) is 0 Å². The molecule has 0 fully saturated rings. The largest absolute Gasteiger partial charge is 0.382 e. The number of carbonyl (C=O) groups excluding carboxylic acids is 2. The van der Waals surface area contributed by atoms with Crippen molar-refractivity contribution < 1.29 is 9.59 Å². The molecule has 0 aliphatic rings. The van der Waals surface area contributed by atoms with Crippen molar-refractivity contribution in [3.8, 4) is 11.4 Å². The monoisotopic (exact) mass is 547 g/mol. The first-order valence-electron chi connectivity index (χ1n) is 12.9. The molecule has 0 atom stereocenters. The number of nitrogens with two attached hydrogens (primary N) is 1. The summed E-state index contributed by atoms with van der Waals surface area (Å²) >= 11 is 0. The zero-order chi connectivity index (χ0) is 29.1. The summed E-state index contributed by atoms with van der Waals surface area (Å²) in [6.45, 7) is 2.38. The van der Waals surface area contributed by atoms with Gasteiger partial charge >= 0.3 is 5.69 Å². The summed E-state index contributed by atoms with van der Waals surface area (Å²) in [5.74, 6) is -0.239. The second-order valence-corrected chi connectivity index (χ2v) is 9.78. The molecule has 0 saturated carbocycles. The van der Waals surface area contributed by atoms with Crippen LogP contribution in [0.4, 0.5) is 11.5 Å². The number of likely N-dealkylation sites (N-methyl/N-ethyl adjacent to an activating group) is 1. The van der Waals surface area contributed by atoms with Crippen molar-refractivity contribution in [2.45, 2.75) is 6.92 Å². The highest BCUT2D eigenvalue weighted by Gasteiger charge is 2.21. The van der Waals surface area contributed by atoms with Crippen LogP contribution < -0.4 is 16.7 Å². The van der Waals surface area contributed by atoms with Gasteiger partial charge in [0, 0.05) is 28.9 Å². The zero-order valence-corrected chi connectivity index (χ0v) is 22.9. The Bertz CT molecular complexity index is 1840. The molecule has 2 aromatic heterocycles. The lowest BCUT2D eigenvalue weighted by Gasteiger charge is -2.10. The van der Waals surface area contributed by atoms with Crippen LogP contribution >= 0.6 is 0 Å². The van der Waals surface area contributed by atoms with E-state index in [1.165, 1.54) is 15.5 Å². The molecule has 0 unspecified atom stereocenters. The predicted molar refractivity (Wildman–Crippen MR) is 160 cm³/mol. The van der Waals surface area contributed by atoms with Gasteiger partial charge < -0.3 is 16.0 Å². The molecule has 0 aliphatic heterocycles. The normalized spacial score (nSPS) is 11.7. The summed E-state index contributed by atoms with van der Waals surface area (Å²) in [7, 11) is 3.85. The number of ketones is 1. The number of amides is 1. The summed E-state index contributed by atoms with van der Waals surface area (Å²) in [6.07, 6.45) is 3.14. The molecule has 10 nitrogen and oxygen atoms in total. The van der Waals surface area contributed by atoms with Crippen molar-refractivity contribution in [3.63, 3.8) is 0 Å². The van der Waals surface area contributed by atoms with Crippen LogP contribution in [0.15, 0.2) is 102 Å². The van der Waals surface area contributed by atoms with E-state index in [0.717, 1.165) is 0 Å². The summed E-state index contributed by atoms with van der Waals surface area (Å²) in [5.41, 5.74) is 9.58. The topological polar surface area (TPSA) is 128 Å². The highest BCUT2D eigenvalue weighted by molar-refractivity contribution is 6.09. The van der Waals surface area contributed by atoms with Gasteiger partial charge in [-0.1, -0.05) is 42.5 Å². The molecule has 41 heavy (non-hydrogen) atoms. The number of carbonyl (C=O) groups is 2. The maximum atomic E-state index is 13.9. The summed E-state index contributed by atoms with van der Waals surface area (Å²) in [4.78, 5) is 49.9. The lowest BCUT2D eigenvalue weighted by molar-refractivity contribution is -0.112. The number of anilines is 2. The van der Waals surface area contributed by atoms with E-state index in [1.807, 2.05) is 43.3 Å². The van der Waals surface area contributed by atoms with E-state index >= 15 is 0 Å². The van der Waals surface area contributed by atoms with Crippen molar-refractivity contribution in [2.24, 2.45) is 0 Å². The van der Waals surface area contributed by atoms with E-state index < -0.39 is 5.69 Å². The van der Waals surface area contributed by atoms with Crippen LogP contribution in [0.25, 0.3) is 22.5 Å². The minimum atomic E-state index is -0.431. The second kappa shape index (κ2) is 11.4. The number of fused-ring (bicyclic) bond motifs is 1. The number of aromatic nitrogens is 4. The maximum Gasteiger partial charge on any atom is 0.339 e. The molecule has 0 aliphatic carbocycles. The first kappa shape index (κ1) is 27.2. The Morgan fingerprint density at radius 3 is 2.32 bits per heavy atom. The van der Waals surface area contributed by atoms with E-state index in [9.17, 15) is 14.4 Å². The number of imidazole rings is 1. The summed E-state index contributed by atoms with van der Waals surface area (Å²) in [6, 6.07) is 22.6. The standard InChI is InChI=1S/C31H29N7O3/c1-20(16-17-36(2)3)30(40)35-23-10-7-11-25(18-23)38-29-26(28(32)33-19-34-29)37(31(38)41)24-14-12-22(13-15-24)27(39)21-8-5-4-6-9-21/h4-16,18-19H,17H2,1-3H3,(H,35,40)(H2,32,33,34). The average molecular weight is 548 g/mol. The fourth-order valence-electron chi connectivity index (χ4n) is 4.40. The number of hydrogen-bond acceptors (Lipinski definition) is 7. The molecular formula is C31H29N7O3. The molecule has 5 aromatic rings. The fraction of sp³-hybridized carbons (Fsp3) is 0.129. The van der Waals surface area contributed by atoms with Gasteiger partial charge in [-0.25, -0.2) is 19.3 Å². The molecule has 0 spiro atoms. The molecule has 206 valence electrons. The molecule has 3 aromatic carbocycles. The van der Waals surface area contributed by atoms with Gasteiger partial charge in [0.05, 0.1) is 11.4 Å². The Morgan fingerprint density at radius 1 is 0.902 bits per heavy atom. The predicted octanol–water partition coefficient (Wildman–Crippen LogP) is 3.83. The second-order valence-electron chi connectivity index (χ2n) is 9.78. The van der Waals surface area contributed by atoms with E-state index in [-0.39, 0.29) is 17.5 Å². The Labute approximate surface area is 236 Å². The lowest BCUT2D eigenvalue weighted by atomic mass is 10.0. The molecular weight excluding hydrogens is 518 g/mol. The third kappa shape index (κ3) is 5.54. The van der Waals surface area contributed by atoms with E-state index in [0.29, 0.717) is 51.5 Å². The van der Waals surface area contributed by atoms with Crippen molar-refractivity contribution in [1.82, 2.24) is 24.0 Å². The van der Waals surface area contributed by atoms with Crippen LogP contribution in [-0.2, 0) is 4.79 Å². The van der Waals surface area contributed by atoms with Crippen molar-refractivity contribution >= 4 is 34.4 Å². The molecule has 2 heterocycles. The summed E-state index contributed by atoms with van der Waals surface area (Å²) in [5, 5.41) is 2.89. The quantitative estimate of drug-likeness (QED) is 0.223. The smallest absolute Gasteiger partial charge is 0.339 e. The average Bonchev–Trinajstić information content (AvgIpc) is 3.29. The van der Waals surface area contributed by atoms with Gasteiger partial charge in [-0.05, 0) is 63.5 Å². The minimum absolute atomic E-state index is 0.125. The number of nitrogens with zero attached hydrogens (tertiary/aromatic N) is 5. The van der Waals surface area contributed by atoms with Crippen LogP contribution in [0.2, 0.25) is 0 Å². The zero-order valence-electron chi connectivity index (χ0n) is 22.9. The Balaban J connectivity index is 1.54. The van der Waals surface area contributed by atoms with Gasteiger partial charge in [0.25, 0.3) is 5.91 Å². The Kier molecular flexibility index (Phi) is 7.57. The molecule has 10 heteroatoms. The third-order valence-electron chi connectivity index (χ3n) is 6.56. The highest BCUT2D eigenvalue weighted by Crippen LogP contribution is 2.24. The van der Waals surface area contributed by atoms with Crippen molar-refractivity contribution in [3.05, 3.63) is 118 Å². The number of rotatable bonds is 8. The Morgan fingerprint density at radius 2 is 1.61 bits per heavy atom. The SMILES string of the molecule is CC(=CCN(C)C)C(=O)Nc1cccc(-n2c(=O)n(-c3ccc(C(=O)c4ccccc4)cc3)c3c(N)ncnc32)c1. The molecule has 3 N–H and O–H groups in total. The van der Waals surface area contributed by atoms with Crippen LogP contribution in [0.5, 0.6) is 0 Å². The van der Waals surface area contributed by atoms with Gasteiger partial charge in [-0.3, -0.25) is 14.2 Å². The van der Waals surface area contributed by atoms with Crippen molar-refractivity contribution in [1.29, 1.82) is 0 Å². The molecule has 5 rings (SSSR count). The molecule has 0 bridgehead atoms. The van der Waals surface area contributed by atoms with Gasteiger partial charge in [0.1, 0.15) is 11.8 Å². The maximum absolute atomic E-state index is 13.9. The number of hydrogen-bond donors (Lipinski definition) is 2. The molecule has 0 saturated heterocycles. The molecule has 1 amide bonds. The van der Waals surface area contributed by atoms with Crippen molar-refractivity contribution in [2.75, 3.05) is 31.7 Å². The van der Waals surface area contributed by atoms with Crippen LogP contribution in [-0.4, -0.2) is 56.3 Å². The highest BCUT2D eigenvalue weighted by atomic mass is 16.2. The van der Waals surface area contributed by atoms with Gasteiger partial charge in [0.2, 0.25) is 0 Å². The first-order chi connectivity index (χ1) is 19.7. The lowest BCUT2D eigenvalue weighted by Crippen LogP contribution is -2.22. The van der Waals surface area contributed by atoms with Crippen LogP contribution in [0, 0.1) is 0 Å². The summed E-state index contributed by atoms with van der Waals surface area (Å²) < 4.78 is 2.83.